The van der Waals surface area contributed by atoms with Crippen LogP contribution in [0, 0.1) is 4.77 Å². The second-order valence-corrected chi connectivity index (χ2v) is 5.98. The maximum Gasteiger partial charge on any atom is 0.195 e. The Labute approximate surface area is 137 Å². The van der Waals surface area contributed by atoms with Gasteiger partial charge in [-0.15, -0.1) is 0 Å². The highest BCUT2D eigenvalue weighted by Gasteiger charge is 2.08. The van der Waals surface area contributed by atoms with Crippen LogP contribution in [0.25, 0.3) is 0 Å². The molecule has 0 amide bonds. The van der Waals surface area contributed by atoms with Gasteiger partial charge in [-0.25, -0.2) is 9.97 Å². The number of hydrogen-bond acceptors (Lipinski definition) is 5. The highest BCUT2D eigenvalue weighted by atomic mass is 32.2. The lowest BCUT2D eigenvalue weighted by molar-refractivity contribution is 0.661. The standard InChI is InChI=1S/C15H15N5S2/c21-15-19-18-13(11-22-14-16-8-4-9-17-14)20(15)10-7-12-5-2-1-3-6-12/h1-6,8-9H,7,10-11H2,(H,19,21). The molecule has 0 aliphatic heterocycles. The minimum Gasteiger partial charge on any atom is -0.303 e. The van der Waals surface area contributed by atoms with Gasteiger partial charge in [0.25, 0.3) is 0 Å². The maximum atomic E-state index is 5.32. The van der Waals surface area contributed by atoms with Gasteiger partial charge >= 0.3 is 0 Å². The van der Waals surface area contributed by atoms with Crippen LogP contribution in [-0.4, -0.2) is 24.7 Å². The summed E-state index contributed by atoms with van der Waals surface area (Å²) in [5.41, 5.74) is 1.29. The Bertz CT molecular complexity index is 767. The van der Waals surface area contributed by atoms with Crippen LogP contribution in [-0.2, 0) is 18.7 Å². The van der Waals surface area contributed by atoms with E-state index >= 15 is 0 Å². The van der Waals surface area contributed by atoms with Gasteiger partial charge in [-0.3, -0.25) is 5.10 Å². The summed E-state index contributed by atoms with van der Waals surface area (Å²) in [6, 6.07) is 12.2. The van der Waals surface area contributed by atoms with Crippen LogP contribution in [0.2, 0.25) is 0 Å². The number of nitrogens with zero attached hydrogens (tertiary/aromatic N) is 4. The molecule has 0 bridgehead atoms. The van der Waals surface area contributed by atoms with Crippen molar-refractivity contribution in [2.75, 3.05) is 0 Å². The molecule has 0 aliphatic carbocycles. The van der Waals surface area contributed by atoms with Crippen molar-refractivity contribution in [1.82, 2.24) is 24.7 Å². The fourth-order valence-corrected chi connectivity index (χ4v) is 3.06. The molecule has 3 aromatic rings. The Morgan fingerprint density at radius 1 is 1.09 bits per heavy atom. The third-order valence-corrected chi connectivity index (χ3v) is 4.36. The number of aromatic nitrogens is 5. The zero-order valence-electron chi connectivity index (χ0n) is 11.8. The zero-order chi connectivity index (χ0) is 15.2. The zero-order valence-corrected chi connectivity index (χ0v) is 13.5. The monoisotopic (exact) mass is 329 g/mol. The van der Waals surface area contributed by atoms with Crippen LogP contribution < -0.4 is 0 Å². The number of hydrogen-bond donors (Lipinski definition) is 1. The third-order valence-electron chi connectivity index (χ3n) is 3.18. The van der Waals surface area contributed by atoms with Crippen LogP contribution in [0.4, 0.5) is 0 Å². The molecule has 0 saturated carbocycles. The van der Waals surface area contributed by atoms with Crippen LogP contribution in [0.15, 0.2) is 53.9 Å². The lowest BCUT2D eigenvalue weighted by atomic mass is 10.1. The molecule has 2 heterocycles. The predicted molar refractivity (Wildman–Crippen MR) is 89.2 cm³/mol. The first-order valence-electron chi connectivity index (χ1n) is 6.91. The molecular formula is C15H15N5S2. The van der Waals surface area contributed by atoms with E-state index in [1.54, 1.807) is 30.2 Å². The number of rotatable bonds is 6. The number of H-pyrrole nitrogens is 1. The summed E-state index contributed by atoms with van der Waals surface area (Å²) < 4.78 is 2.69. The molecule has 1 N–H and O–H groups in total. The second-order valence-electron chi connectivity index (χ2n) is 4.65. The Morgan fingerprint density at radius 3 is 2.64 bits per heavy atom. The Morgan fingerprint density at radius 2 is 1.86 bits per heavy atom. The summed E-state index contributed by atoms with van der Waals surface area (Å²) in [5, 5.41) is 7.93. The van der Waals surface area contributed by atoms with Crippen LogP contribution in [0.3, 0.4) is 0 Å². The number of nitrogens with one attached hydrogen (secondary N) is 1. The number of thioether (sulfide) groups is 1. The van der Waals surface area contributed by atoms with Gasteiger partial charge in [0, 0.05) is 18.9 Å². The molecule has 0 fully saturated rings. The topological polar surface area (TPSA) is 59.4 Å². The SMILES string of the molecule is S=c1[nH]nc(CSc2ncccn2)n1CCc1ccccc1. The predicted octanol–water partition coefficient (Wildman–Crippen LogP) is 3.27. The molecule has 0 aliphatic rings. The summed E-state index contributed by atoms with van der Waals surface area (Å²) in [6.45, 7) is 0.810. The largest absolute Gasteiger partial charge is 0.303 e. The minimum absolute atomic E-state index is 0.653. The van der Waals surface area contributed by atoms with Crippen molar-refractivity contribution >= 4 is 24.0 Å². The molecule has 0 spiro atoms. The molecular weight excluding hydrogens is 314 g/mol. The molecule has 0 saturated heterocycles. The molecule has 2 aromatic heterocycles. The Hall–Kier alpha value is -1.99. The van der Waals surface area contributed by atoms with Gasteiger partial charge in [0.15, 0.2) is 9.93 Å². The molecule has 22 heavy (non-hydrogen) atoms. The second kappa shape index (κ2) is 7.33. The van der Waals surface area contributed by atoms with Crippen molar-refractivity contribution in [2.45, 2.75) is 23.9 Å². The van der Waals surface area contributed by atoms with Gasteiger partial charge in [0.1, 0.15) is 5.82 Å². The molecule has 5 nitrogen and oxygen atoms in total. The van der Waals surface area contributed by atoms with Gasteiger partial charge < -0.3 is 4.57 Å². The van der Waals surface area contributed by atoms with Crippen molar-refractivity contribution < 1.29 is 0 Å². The van der Waals surface area contributed by atoms with Gasteiger partial charge in [-0.05, 0) is 30.3 Å². The fraction of sp³-hybridized carbons (Fsp3) is 0.200. The molecule has 0 radical (unpaired) electrons. The number of benzene rings is 1. The van der Waals surface area contributed by atoms with E-state index in [0.717, 1.165) is 23.9 Å². The maximum absolute atomic E-state index is 5.32. The van der Waals surface area contributed by atoms with Crippen molar-refractivity contribution in [3.05, 3.63) is 65.0 Å². The quantitative estimate of drug-likeness (QED) is 0.427. The molecule has 0 unspecified atom stereocenters. The van der Waals surface area contributed by atoms with Crippen molar-refractivity contribution in [2.24, 2.45) is 0 Å². The molecule has 7 heteroatoms. The summed E-state index contributed by atoms with van der Waals surface area (Å²) in [5.74, 6) is 1.60. The summed E-state index contributed by atoms with van der Waals surface area (Å²) >= 11 is 6.87. The number of aromatic amines is 1. The minimum atomic E-state index is 0.653. The van der Waals surface area contributed by atoms with E-state index in [4.69, 9.17) is 12.2 Å². The van der Waals surface area contributed by atoms with Crippen molar-refractivity contribution in [1.29, 1.82) is 0 Å². The van der Waals surface area contributed by atoms with Crippen molar-refractivity contribution in [3.63, 3.8) is 0 Å². The van der Waals surface area contributed by atoms with E-state index in [-0.39, 0.29) is 0 Å². The lowest BCUT2D eigenvalue weighted by Crippen LogP contribution is -2.06. The summed E-state index contributed by atoms with van der Waals surface area (Å²) in [4.78, 5) is 8.40. The van der Waals surface area contributed by atoms with Crippen LogP contribution >= 0.6 is 24.0 Å². The molecule has 112 valence electrons. The summed E-state index contributed by atoms with van der Waals surface area (Å²) in [6.07, 6.45) is 4.40. The first-order chi connectivity index (χ1) is 10.8. The van der Waals surface area contributed by atoms with Gasteiger partial charge in [-0.1, -0.05) is 42.1 Å². The molecule has 3 rings (SSSR count). The van der Waals surface area contributed by atoms with E-state index in [9.17, 15) is 0 Å². The van der Waals surface area contributed by atoms with Crippen LogP contribution in [0.5, 0.6) is 0 Å². The first kappa shape index (κ1) is 14.9. The van der Waals surface area contributed by atoms with Gasteiger partial charge in [0.05, 0.1) is 5.75 Å². The van der Waals surface area contributed by atoms with E-state index in [1.165, 1.54) is 5.56 Å². The Kier molecular flexibility index (Phi) is 4.97. The molecule has 1 aromatic carbocycles. The third kappa shape index (κ3) is 3.80. The van der Waals surface area contributed by atoms with Gasteiger partial charge in [0.2, 0.25) is 0 Å². The smallest absolute Gasteiger partial charge is 0.195 e. The Balaban J connectivity index is 1.67. The average molecular weight is 329 g/mol. The average Bonchev–Trinajstić information content (AvgIpc) is 2.93. The highest BCUT2D eigenvalue weighted by molar-refractivity contribution is 7.98. The summed E-state index contributed by atoms with van der Waals surface area (Å²) in [7, 11) is 0. The van der Waals surface area contributed by atoms with E-state index in [0.29, 0.717) is 10.5 Å². The highest BCUT2D eigenvalue weighted by Crippen LogP contribution is 2.17. The number of aryl methyl sites for hydroxylation is 1. The lowest BCUT2D eigenvalue weighted by Gasteiger charge is -2.06. The fourth-order valence-electron chi connectivity index (χ4n) is 2.07. The first-order valence-corrected chi connectivity index (χ1v) is 8.30. The van der Waals surface area contributed by atoms with Crippen molar-refractivity contribution in [3.8, 4) is 0 Å². The van der Waals surface area contributed by atoms with E-state index in [2.05, 4.69) is 32.3 Å². The van der Waals surface area contributed by atoms with E-state index in [1.807, 2.05) is 22.8 Å². The molecule has 0 atom stereocenters. The van der Waals surface area contributed by atoms with Crippen LogP contribution in [0.1, 0.15) is 11.4 Å². The van der Waals surface area contributed by atoms with E-state index < -0.39 is 0 Å². The van der Waals surface area contributed by atoms with Gasteiger partial charge in [-0.2, -0.15) is 5.10 Å². The normalized spacial score (nSPS) is 10.7.